The van der Waals surface area contributed by atoms with E-state index in [-0.39, 0.29) is 11.3 Å². The fraction of sp³-hybridized carbons (Fsp3) is 0.692. The second-order valence-electron chi connectivity index (χ2n) is 5.50. The highest BCUT2D eigenvalue weighted by atomic mass is 16.2. The Bertz CT molecular complexity index is 403. The normalized spacial score (nSPS) is 11.7. The predicted molar refractivity (Wildman–Crippen MR) is 72.5 cm³/mol. The molecule has 5 nitrogen and oxygen atoms in total. The molecule has 102 valence electrons. The molecule has 5 heteroatoms. The van der Waals surface area contributed by atoms with Gasteiger partial charge in [-0.05, 0) is 32.7 Å². The molecule has 0 atom stereocenters. The lowest BCUT2D eigenvalue weighted by atomic mass is 9.92. The van der Waals surface area contributed by atoms with Crippen molar-refractivity contribution in [1.29, 1.82) is 0 Å². The maximum absolute atomic E-state index is 12.5. The van der Waals surface area contributed by atoms with Crippen LogP contribution in [0.2, 0.25) is 0 Å². The summed E-state index contributed by atoms with van der Waals surface area (Å²) >= 11 is 0. The summed E-state index contributed by atoms with van der Waals surface area (Å²) in [5.74, 6) is 0.0303. The van der Waals surface area contributed by atoms with Crippen LogP contribution >= 0.6 is 0 Å². The Hall–Kier alpha value is -1.36. The highest BCUT2D eigenvalue weighted by molar-refractivity contribution is 5.96. The van der Waals surface area contributed by atoms with Crippen molar-refractivity contribution in [3.63, 3.8) is 0 Å². The topological polar surface area (TPSA) is 75.0 Å². The number of nitrogens with zero attached hydrogens (tertiary/aromatic N) is 2. The molecule has 0 aliphatic carbocycles. The highest BCUT2D eigenvalue weighted by Gasteiger charge is 2.26. The van der Waals surface area contributed by atoms with Gasteiger partial charge in [0.1, 0.15) is 0 Å². The van der Waals surface area contributed by atoms with E-state index in [0.29, 0.717) is 25.2 Å². The van der Waals surface area contributed by atoms with E-state index in [9.17, 15) is 4.79 Å². The summed E-state index contributed by atoms with van der Waals surface area (Å²) in [4.78, 5) is 14.3. The van der Waals surface area contributed by atoms with Crippen molar-refractivity contribution < 1.29 is 4.79 Å². The van der Waals surface area contributed by atoms with Gasteiger partial charge in [0.25, 0.3) is 5.91 Å². The van der Waals surface area contributed by atoms with Crippen LogP contribution in [-0.2, 0) is 0 Å². The molecule has 0 aliphatic heterocycles. The lowest BCUT2D eigenvalue weighted by molar-refractivity contribution is 0.0699. The third-order valence-corrected chi connectivity index (χ3v) is 3.18. The standard InChI is InChI=1S/C13H24N4O/c1-6-17(8-13(4,5)7-14)12(18)11-9(2)15-16-10(11)3/h6-8,14H2,1-5H3,(H,15,16). The van der Waals surface area contributed by atoms with E-state index >= 15 is 0 Å². The molecule has 0 unspecified atom stereocenters. The molecule has 1 rings (SSSR count). The lowest BCUT2D eigenvalue weighted by Gasteiger charge is -2.31. The zero-order valence-electron chi connectivity index (χ0n) is 12.0. The van der Waals surface area contributed by atoms with Gasteiger partial charge in [-0.2, -0.15) is 5.10 Å². The summed E-state index contributed by atoms with van der Waals surface area (Å²) in [7, 11) is 0. The average molecular weight is 252 g/mol. The molecule has 0 aromatic carbocycles. The van der Waals surface area contributed by atoms with Gasteiger partial charge in [-0.15, -0.1) is 0 Å². The van der Waals surface area contributed by atoms with E-state index in [1.807, 2.05) is 25.7 Å². The number of hydrogen-bond donors (Lipinski definition) is 2. The molecule has 1 aromatic rings. The molecule has 18 heavy (non-hydrogen) atoms. The third kappa shape index (κ3) is 3.10. The number of nitrogens with two attached hydrogens (primary N) is 1. The molecule has 0 saturated carbocycles. The van der Waals surface area contributed by atoms with E-state index in [2.05, 4.69) is 24.0 Å². The maximum Gasteiger partial charge on any atom is 0.257 e. The summed E-state index contributed by atoms with van der Waals surface area (Å²) < 4.78 is 0. The minimum atomic E-state index is -0.0722. The van der Waals surface area contributed by atoms with Gasteiger partial charge in [-0.3, -0.25) is 9.89 Å². The Morgan fingerprint density at radius 1 is 1.44 bits per heavy atom. The van der Waals surface area contributed by atoms with Gasteiger partial charge < -0.3 is 10.6 Å². The second kappa shape index (κ2) is 5.52. The molecule has 0 radical (unpaired) electrons. The molecule has 0 fully saturated rings. The summed E-state index contributed by atoms with van der Waals surface area (Å²) in [6, 6.07) is 0. The number of H-pyrrole nitrogens is 1. The molecule has 1 heterocycles. The number of rotatable bonds is 5. The highest BCUT2D eigenvalue weighted by Crippen LogP contribution is 2.19. The van der Waals surface area contributed by atoms with Gasteiger partial charge >= 0.3 is 0 Å². The van der Waals surface area contributed by atoms with Crippen LogP contribution in [0.1, 0.15) is 42.5 Å². The van der Waals surface area contributed by atoms with Crippen molar-refractivity contribution in [3.05, 3.63) is 17.0 Å². The first-order chi connectivity index (χ1) is 8.32. The summed E-state index contributed by atoms with van der Waals surface area (Å²) in [5.41, 5.74) is 7.92. The number of carbonyl (C=O) groups is 1. The van der Waals surface area contributed by atoms with Gasteiger partial charge in [-0.25, -0.2) is 0 Å². The molecule has 0 spiro atoms. The van der Waals surface area contributed by atoms with Gasteiger partial charge in [0.2, 0.25) is 0 Å². The Morgan fingerprint density at radius 2 is 2.06 bits per heavy atom. The fourth-order valence-electron chi connectivity index (χ4n) is 1.93. The first-order valence-electron chi connectivity index (χ1n) is 6.33. The molecular weight excluding hydrogens is 228 g/mol. The first kappa shape index (κ1) is 14.7. The van der Waals surface area contributed by atoms with Crippen LogP contribution in [0.25, 0.3) is 0 Å². The average Bonchev–Trinajstić information content (AvgIpc) is 2.65. The zero-order chi connectivity index (χ0) is 13.9. The number of aromatic amines is 1. The minimum absolute atomic E-state index is 0.0303. The predicted octanol–water partition coefficient (Wildman–Crippen LogP) is 1.47. The first-order valence-corrected chi connectivity index (χ1v) is 6.33. The van der Waals surface area contributed by atoms with Crippen LogP contribution in [0.15, 0.2) is 0 Å². The van der Waals surface area contributed by atoms with Crippen LogP contribution < -0.4 is 5.73 Å². The Balaban J connectivity index is 2.93. The van der Waals surface area contributed by atoms with Gasteiger partial charge in [0.05, 0.1) is 11.3 Å². The minimum Gasteiger partial charge on any atom is -0.338 e. The van der Waals surface area contributed by atoms with Crippen molar-refractivity contribution >= 4 is 5.91 Å². The third-order valence-electron chi connectivity index (χ3n) is 3.18. The molecule has 0 saturated heterocycles. The molecular formula is C13H24N4O. The monoisotopic (exact) mass is 252 g/mol. The number of amides is 1. The number of hydrogen-bond acceptors (Lipinski definition) is 3. The van der Waals surface area contributed by atoms with Crippen LogP contribution in [0.5, 0.6) is 0 Å². The van der Waals surface area contributed by atoms with Gasteiger partial charge in [0.15, 0.2) is 0 Å². The van der Waals surface area contributed by atoms with Crippen molar-refractivity contribution in [1.82, 2.24) is 15.1 Å². The summed E-state index contributed by atoms with van der Waals surface area (Å²) in [6.45, 7) is 11.7. The van der Waals surface area contributed by atoms with Gasteiger partial charge in [-0.1, -0.05) is 13.8 Å². The fourth-order valence-corrected chi connectivity index (χ4v) is 1.93. The Kier molecular flexibility index (Phi) is 4.51. The smallest absolute Gasteiger partial charge is 0.257 e. The quantitative estimate of drug-likeness (QED) is 0.833. The van der Waals surface area contributed by atoms with Crippen molar-refractivity contribution in [3.8, 4) is 0 Å². The summed E-state index contributed by atoms with van der Waals surface area (Å²) in [5, 5.41) is 6.92. The molecule has 0 bridgehead atoms. The van der Waals surface area contributed by atoms with Crippen molar-refractivity contribution in [2.75, 3.05) is 19.6 Å². The van der Waals surface area contributed by atoms with Crippen LogP contribution in [0.4, 0.5) is 0 Å². The van der Waals surface area contributed by atoms with Gasteiger partial charge in [0, 0.05) is 18.8 Å². The van der Waals surface area contributed by atoms with Crippen molar-refractivity contribution in [2.24, 2.45) is 11.1 Å². The Labute approximate surface area is 109 Å². The second-order valence-corrected chi connectivity index (χ2v) is 5.50. The molecule has 0 aliphatic rings. The number of carbonyl (C=O) groups excluding carboxylic acids is 1. The molecule has 1 aromatic heterocycles. The molecule has 1 amide bonds. The number of aryl methyl sites for hydroxylation is 2. The SMILES string of the molecule is CCN(CC(C)(C)CN)C(=O)c1c(C)n[nH]c1C. The van der Waals surface area contributed by atoms with E-state index in [0.717, 1.165) is 11.4 Å². The molecule has 3 N–H and O–H groups in total. The largest absolute Gasteiger partial charge is 0.338 e. The van der Waals surface area contributed by atoms with Crippen LogP contribution in [0, 0.1) is 19.3 Å². The van der Waals surface area contributed by atoms with Crippen molar-refractivity contribution in [2.45, 2.75) is 34.6 Å². The summed E-state index contributed by atoms with van der Waals surface area (Å²) in [6.07, 6.45) is 0. The number of aromatic nitrogens is 2. The van der Waals surface area contributed by atoms with E-state index in [1.54, 1.807) is 0 Å². The zero-order valence-corrected chi connectivity index (χ0v) is 12.0. The lowest BCUT2D eigenvalue weighted by Crippen LogP contribution is -2.42. The van der Waals surface area contributed by atoms with Crippen LogP contribution in [-0.4, -0.2) is 40.6 Å². The maximum atomic E-state index is 12.5. The van der Waals surface area contributed by atoms with E-state index < -0.39 is 0 Å². The van der Waals surface area contributed by atoms with E-state index in [1.165, 1.54) is 0 Å². The van der Waals surface area contributed by atoms with E-state index in [4.69, 9.17) is 5.73 Å². The number of nitrogens with one attached hydrogen (secondary N) is 1. The van der Waals surface area contributed by atoms with Crippen LogP contribution in [0.3, 0.4) is 0 Å². The Morgan fingerprint density at radius 3 is 2.44 bits per heavy atom.